The molecule has 1 unspecified atom stereocenters. The van der Waals surface area contributed by atoms with Crippen molar-refractivity contribution in [3.05, 3.63) is 34.6 Å². The fourth-order valence-electron chi connectivity index (χ4n) is 2.70. The second kappa shape index (κ2) is 7.60. The van der Waals surface area contributed by atoms with E-state index in [0.29, 0.717) is 28.5 Å². The highest BCUT2D eigenvalue weighted by atomic mass is 32.2. The molecule has 1 aliphatic carbocycles. The third-order valence-electron chi connectivity index (χ3n) is 4.36. The van der Waals surface area contributed by atoms with Gasteiger partial charge in [-0.3, -0.25) is 14.2 Å². The van der Waals surface area contributed by atoms with E-state index in [1.54, 1.807) is 4.57 Å². The van der Waals surface area contributed by atoms with Gasteiger partial charge in [0.25, 0.3) is 5.56 Å². The summed E-state index contributed by atoms with van der Waals surface area (Å²) < 4.78 is 1.78. The third kappa shape index (κ3) is 4.24. The molecule has 6 heteroatoms. The molecule has 25 heavy (non-hydrogen) atoms. The topological polar surface area (TPSA) is 64.0 Å². The summed E-state index contributed by atoms with van der Waals surface area (Å²) in [5, 5.41) is 3.99. The minimum Gasteiger partial charge on any atom is -0.355 e. The summed E-state index contributed by atoms with van der Waals surface area (Å²) in [6, 6.07) is 7.64. The molecule has 0 radical (unpaired) electrons. The van der Waals surface area contributed by atoms with Crippen LogP contribution in [-0.2, 0) is 4.79 Å². The number of benzene rings is 1. The zero-order chi connectivity index (χ0) is 18.0. The van der Waals surface area contributed by atoms with Crippen LogP contribution in [0.3, 0.4) is 0 Å². The van der Waals surface area contributed by atoms with Gasteiger partial charge in [0.15, 0.2) is 5.16 Å². The zero-order valence-electron chi connectivity index (χ0n) is 15.0. The Balaban J connectivity index is 1.82. The van der Waals surface area contributed by atoms with Crippen molar-refractivity contribution in [2.75, 3.05) is 6.54 Å². The fourth-order valence-corrected chi connectivity index (χ4v) is 3.71. The molecule has 0 bridgehead atoms. The van der Waals surface area contributed by atoms with E-state index < -0.39 is 0 Å². The number of carbonyl (C=O) groups is 1. The van der Waals surface area contributed by atoms with Gasteiger partial charge in [-0.05, 0) is 44.2 Å². The van der Waals surface area contributed by atoms with Crippen LogP contribution < -0.4 is 10.9 Å². The number of nitrogens with one attached hydrogen (secondary N) is 1. The summed E-state index contributed by atoms with van der Waals surface area (Å²) in [6.07, 6.45) is 2.97. The lowest BCUT2D eigenvalue weighted by Gasteiger charge is -2.16. The van der Waals surface area contributed by atoms with E-state index in [1.165, 1.54) is 11.8 Å². The Hall–Kier alpha value is -1.82. The Kier molecular flexibility index (Phi) is 5.47. The van der Waals surface area contributed by atoms with Crippen LogP contribution in [0.25, 0.3) is 10.9 Å². The number of thioether (sulfide) groups is 1. The maximum atomic E-state index is 12.8. The zero-order valence-corrected chi connectivity index (χ0v) is 15.8. The van der Waals surface area contributed by atoms with Gasteiger partial charge in [-0.25, -0.2) is 4.98 Å². The third-order valence-corrected chi connectivity index (χ3v) is 5.43. The van der Waals surface area contributed by atoms with E-state index in [2.05, 4.69) is 24.1 Å². The summed E-state index contributed by atoms with van der Waals surface area (Å²) >= 11 is 1.37. The first kappa shape index (κ1) is 18.0. The van der Waals surface area contributed by atoms with Crippen molar-refractivity contribution in [3.63, 3.8) is 0 Å². The number of amides is 1. The molecule has 134 valence electrons. The maximum absolute atomic E-state index is 12.8. The molecule has 5 nitrogen and oxygen atoms in total. The number of hydrogen-bond acceptors (Lipinski definition) is 4. The minimum absolute atomic E-state index is 0.00279. The molecule has 1 N–H and O–H groups in total. The number of para-hydroxylation sites is 1. The van der Waals surface area contributed by atoms with Crippen molar-refractivity contribution in [3.8, 4) is 0 Å². The van der Waals surface area contributed by atoms with Gasteiger partial charge >= 0.3 is 0 Å². The van der Waals surface area contributed by atoms with Crippen LogP contribution in [0.4, 0.5) is 0 Å². The second-order valence-corrected chi connectivity index (χ2v) is 8.36. The molecule has 1 aromatic carbocycles. The largest absolute Gasteiger partial charge is 0.355 e. The van der Waals surface area contributed by atoms with E-state index in [9.17, 15) is 9.59 Å². The van der Waals surface area contributed by atoms with Gasteiger partial charge in [-0.2, -0.15) is 0 Å². The van der Waals surface area contributed by atoms with Gasteiger partial charge in [-0.15, -0.1) is 0 Å². The monoisotopic (exact) mass is 359 g/mol. The van der Waals surface area contributed by atoms with Gasteiger partial charge < -0.3 is 5.32 Å². The molecule has 1 saturated carbocycles. The van der Waals surface area contributed by atoms with Crippen LogP contribution in [0.5, 0.6) is 0 Å². The molecule has 1 atom stereocenters. The molecule has 0 saturated heterocycles. The number of carbonyl (C=O) groups excluding carboxylic acids is 1. The summed E-state index contributed by atoms with van der Waals surface area (Å²) in [7, 11) is 0. The lowest BCUT2D eigenvalue weighted by atomic mass is 10.1. The van der Waals surface area contributed by atoms with Crippen LogP contribution in [0.15, 0.2) is 34.2 Å². The fraction of sp³-hybridized carbons (Fsp3) is 0.526. The highest BCUT2D eigenvalue weighted by Crippen LogP contribution is 2.37. The van der Waals surface area contributed by atoms with E-state index >= 15 is 0 Å². The summed E-state index contributed by atoms with van der Waals surface area (Å²) in [5.74, 6) is 0.556. The van der Waals surface area contributed by atoms with Crippen molar-refractivity contribution >= 4 is 28.6 Å². The number of fused-ring (bicyclic) bond motifs is 1. The van der Waals surface area contributed by atoms with Gasteiger partial charge in [0.2, 0.25) is 5.91 Å². The van der Waals surface area contributed by atoms with E-state index in [4.69, 9.17) is 0 Å². The Morgan fingerprint density at radius 2 is 2.04 bits per heavy atom. The summed E-state index contributed by atoms with van der Waals surface area (Å²) in [4.78, 5) is 29.8. The highest BCUT2D eigenvalue weighted by molar-refractivity contribution is 8.00. The minimum atomic E-state index is -0.287. The maximum Gasteiger partial charge on any atom is 0.262 e. The molecule has 1 fully saturated rings. The van der Waals surface area contributed by atoms with Crippen molar-refractivity contribution in [2.45, 2.75) is 56.5 Å². The molecular formula is C19H25N3O2S. The Labute approximate surface area is 152 Å². The standard InChI is InChI=1S/C19H25N3O2S/c1-12(2)10-11-20-17(23)13(3)25-19-21-16-7-5-4-6-15(16)18(24)22(19)14-8-9-14/h4-7,12-14H,8-11H2,1-3H3,(H,20,23). The molecule has 2 aromatic rings. The van der Waals surface area contributed by atoms with Crippen LogP contribution >= 0.6 is 11.8 Å². The van der Waals surface area contributed by atoms with Crippen LogP contribution in [0.1, 0.15) is 46.1 Å². The van der Waals surface area contributed by atoms with Crippen LogP contribution in [0, 0.1) is 5.92 Å². The normalized spacial score (nSPS) is 15.5. The quantitative estimate of drug-likeness (QED) is 0.608. The van der Waals surface area contributed by atoms with Crippen LogP contribution in [-0.4, -0.2) is 27.3 Å². The van der Waals surface area contributed by atoms with E-state index in [-0.39, 0.29) is 22.8 Å². The molecule has 0 spiro atoms. The lowest BCUT2D eigenvalue weighted by Crippen LogP contribution is -2.33. The van der Waals surface area contributed by atoms with Gasteiger partial charge in [0, 0.05) is 12.6 Å². The number of rotatable bonds is 7. The number of hydrogen-bond donors (Lipinski definition) is 1. The Morgan fingerprint density at radius 3 is 2.72 bits per heavy atom. The second-order valence-electron chi connectivity index (χ2n) is 7.05. The molecule has 1 aliphatic rings. The van der Waals surface area contributed by atoms with Gasteiger partial charge in [0.05, 0.1) is 16.2 Å². The molecule has 1 amide bonds. The molecule has 0 aliphatic heterocycles. The molecule has 3 rings (SSSR count). The van der Waals surface area contributed by atoms with Gasteiger partial charge in [-0.1, -0.05) is 37.7 Å². The highest BCUT2D eigenvalue weighted by Gasteiger charge is 2.29. The van der Waals surface area contributed by atoms with Crippen molar-refractivity contribution in [1.82, 2.24) is 14.9 Å². The average Bonchev–Trinajstić information content (AvgIpc) is 3.39. The summed E-state index contributed by atoms with van der Waals surface area (Å²) in [6.45, 7) is 6.82. The predicted molar refractivity (Wildman–Crippen MR) is 102 cm³/mol. The SMILES string of the molecule is CC(C)CCNC(=O)C(C)Sc1nc2ccccc2c(=O)n1C1CC1. The van der Waals surface area contributed by atoms with E-state index in [1.807, 2.05) is 31.2 Å². The van der Waals surface area contributed by atoms with Crippen molar-refractivity contribution in [2.24, 2.45) is 5.92 Å². The first-order chi connectivity index (χ1) is 12.0. The first-order valence-corrected chi connectivity index (χ1v) is 9.81. The van der Waals surface area contributed by atoms with Crippen LogP contribution in [0.2, 0.25) is 0 Å². The molecule has 1 heterocycles. The number of nitrogens with zero attached hydrogens (tertiary/aromatic N) is 2. The predicted octanol–water partition coefficient (Wildman–Crippen LogP) is 3.37. The smallest absolute Gasteiger partial charge is 0.262 e. The Bertz CT molecular complexity index is 827. The average molecular weight is 359 g/mol. The van der Waals surface area contributed by atoms with E-state index in [0.717, 1.165) is 19.3 Å². The lowest BCUT2D eigenvalue weighted by molar-refractivity contribution is -0.120. The number of aromatic nitrogens is 2. The van der Waals surface area contributed by atoms with Gasteiger partial charge in [0.1, 0.15) is 0 Å². The first-order valence-electron chi connectivity index (χ1n) is 8.93. The molecule has 1 aromatic heterocycles. The van der Waals surface area contributed by atoms with Crippen molar-refractivity contribution < 1.29 is 4.79 Å². The summed E-state index contributed by atoms with van der Waals surface area (Å²) in [5.41, 5.74) is 0.697. The van der Waals surface area contributed by atoms with Crippen molar-refractivity contribution in [1.29, 1.82) is 0 Å². The Morgan fingerprint density at radius 1 is 1.32 bits per heavy atom. The molecular weight excluding hydrogens is 334 g/mol.